The number of ether oxygens (including phenoxy) is 1. The van der Waals surface area contributed by atoms with Crippen LogP contribution in [0.4, 0.5) is 18.9 Å². The summed E-state index contributed by atoms with van der Waals surface area (Å²) in [7, 11) is 0. The molecule has 1 fully saturated rings. The van der Waals surface area contributed by atoms with E-state index >= 15 is 0 Å². The summed E-state index contributed by atoms with van der Waals surface area (Å²) in [6.45, 7) is 0.274. The van der Waals surface area contributed by atoms with Gasteiger partial charge < -0.3 is 15.4 Å². The number of nitrogens with two attached hydrogens (primary N) is 1. The van der Waals surface area contributed by atoms with Gasteiger partial charge >= 0.3 is 6.36 Å². The second-order valence-corrected chi connectivity index (χ2v) is 4.96. The van der Waals surface area contributed by atoms with E-state index in [1.807, 2.05) is 0 Å². The molecule has 1 aliphatic heterocycles. The Morgan fingerprint density at radius 3 is 2.63 bits per heavy atom. The monoisotopic (exact) mass is 338 g/mol. The second kappa shape index (κ2) is 5.01. The molecular weight excluding hydrogens is 329 g/mol. The van der Waals surface area contributed by atoms with Crippen LogP contribution in [-0.4, -0.2) is 24.9 Å². The third-order valence-electron chi connectivity index (χ3n) is 2.69. The van der Waals surface area contributed by atoms with Gasteiger partial charge in [0, 0.05) is 11.0 Å². The Morgan fingerprint density at radius 1 is 1.42 bits per heavy atom. The zero-order valence-electron chi connectivity index (χ0n) is 9.58. The molecule has 1 aromatic carbocycles. The van der Waals surface area contributed by atoms with Crippen molar-refractivity contribution in [2.45, 2.75) is 18.8 Å². The fourth-order valence-electron chi connectivity index (χ4n) is 1.86. The first kappa shape index (κ1) is 14.1. The Hall–Kier alpha value is -1.28. The summed E-state index contributed by atoms with van der Waals surface area (Å²) in [5.74, 6) is -0.835. The van der Waals surface area contributed by atoms with Crippen LogP contribution in [0.15, 0.2) is 22.7 Å². The van der Waals surface area contributed by atoms with Gasteiger partial charge in [-0.05, 0) is 24.6 Å². The van der Waals surface area contributed by atoms with Crippen LogP contribution in [-0.2, 0) is 4.79 Å². The number of halogens is 4. The smallest absolute Gasteiger partial charge is 0.404 e. The molecule has 0 spiro atoms. The van der Waals surface area contributed by atoms with Gasteiger partial charge in [0.25, 0.3) is 0 Å². The van der Waals surface area contributed by atoms with Crippen molar-refractivity contribution in [1.82, 2.24) is 0 Å². The van der Waals surface area contributed by atoms with Crippen molar-refractivity contribution in [2.75, 3.05) is 11.4 Å². The first-order chi connectivity index (χ1) is 8.78. The van der Waals surface area contributed by atoms with E-state index in [0.29, 0.717) is 10.9 Å². The minimum atomic E-state index is -4.82. The summed E-state index contributed by atoms with van der Waals surface area (Å²) in [5.41, 5.74) is 5.62. The van der Waals surface area contributed by atoms with Crippen LogP contribution in [0.3, 0.4) is 0 Å². The molecule has 0 saturated carbocycles. The number of amides is 1. The van der Waals surface area contributed by atoms with Crippen LogP contribution >= 0.6 is 15.9 Å². The topological polar surface area (TPSA) is 55.6 Å². The molecule has 104 valence electrons. The van der Waals surface area contributed by atoms with Crippen molar-refractivity contribution in [3.8, 4) is 5.75 Å². The normalized spacial score (nSPS) is 19.9. The lowest BCUT2D eigenvalue weighted by Gasteiger charge is -2.21. The zero-order chi connectivity index (χ0) is 14.2. The fourth-order valence-corrected chi connectivity index (χ4v) is 2.20. The summed E-state index contributed by atoms with van der Waals surface area (Å²) in [6, 6.07) is 3.42. The summed E-state index contributed by atoms with van der Waals surface area (Å²) >= 11 is 3.06. The molecule has 1 aliphatic rings. The fraction of sp³-hybridized carbons (Fsp3) is 0.364. The van der Waals surface area contributed by atoms with E-state index in [9.17, 15) is 18.0 Å². The summed E-state index contributed by atoms with van der Waals surface area (Å²) < 4.78 is 41.4. The number of anilines is 1. The molecule has 2 N–H and O–H groups in total. The molecule has 0 aliphatic carbocycles. The predicted molar refractivity (Wildman–Crippen MR) is 65.8 cm³/mol. The molecule has 8 heteroatoms. The van der Waals surface area contributed by atoms with E-state index in [1.165, 1.54) is 23.1 Å². The van der Waals surface area contributed by atoms with E-state index in [2.05, 4.69) is 20.7 Å². The highest BCUT2D eigenvalue weighted by Crippen LogP contribution is 2.36. The highest BCUT2D eigenvalue weighted by molar-refractivity contribution is 9.10. The van der Waals surface area contributed by atoms with Crippen molar-refractivity contribution in [1.29, 1.82) is 0 Å². The molecule has 1 unspecified atom stereocenters. The lowest BCUT2D eigenvalue weighted by molar-refractivity contribution is -0.274. The third kappa shape index (κ3) is 3.19. The number of benzene rings is 1. The van der Waals surface area contributed by atoms with Gasteiger partial charge in [0.2, 0.25) is 5.91 Å². The van der Waals surface area contributed by atoms with E-state index in [-0.39, 0.29) is 12.2 Å². The van der Waals surface area contributed by atoms with Crippen LogP contribution in [0.5, 0.6) is 5.75 Å². The SMILES string of the molecule is NC1CCN(c2ccc(Br)cc2OC(F)(F)F)C1=O. The van der Waals surface area contributed by atoms with Gasteiger partial charge in [0.15, 0.2) is 5.75 Å². The molecule has 4 nitrogen and oxygen atoms in total. The number of carbonyl (C=O) groups is 1. The third-order valence-corrected chi connectivity index (χ3v) is 3.18. The average molecular weight is 339 g/mol. The van der Waals surface area contributed by atoms with Crippen LogP contribution in [0, 0.1) is 0 Å². The maximum atomic E-state index is 12.3. The van der Waals surface area contributed by atoms with Crippen molar-refractivity contribution in [3.05, 3.63) is 22.7 Å². The Bertz CT molecular complexity index is 507. The van der Waals surface area contributed by atoms with Crippen LogP contribution in [0.1, 0.15) is 6.42 Å². The standard InChI is InChI=1S/C11H10BrF3N2O2/c12-6-1-2-8(9(5-6)19-11(13,14)15)17-4-3-7(16)10(17)18/h1-2,5,7H,3-4,16H2. The van der Waals surface area contributed by atoms with Gasteiger partial charge in [0.05, 0.1) is 11.7 Å². The molecule has 1 amide bonds. The number of hydrogen-bond donors (Lipinski definition) is 1. The second-order valence-electron chi connectivity index (χ2n) is 4.04. The summed E-state index contributed by atoms with van der Waals surface area (Å²) in [6.07, 6.45) is -4.42. The van der Waals surface area contributed by atoms with Gasteiger partial charge in [0.1, 0.15) is 0 Å². The number of rotatable bonds is 2. The quantitative estimate of drug-likeness (QED) is 0.900. The van der Waals surface area contributed by atoms with Crippen molar-refractivity contribution < 1.29 is 22.7 Å². The molecule has 1 atom stereocenters. The van der Waals surface area contributed by atoms with E-state index in [0.717, 1.165) is 0 Å². The Kier molecular flexibility index (Phi) is 3.73. The van der Waals surface area contributed by atoms with Gasteiger partial charge in [-0.15, -0.1) is 13.2 Å². The maximum absolute atomic E-state index is 12.3. The van der Waals surface area contributed by atoms with E-state index in [1.54, 1.807) is 0 Å². The lowest BCUT2D eigenvalue weighted by Crippen LogP contribution is -2.34. The minimum Gasteiger partial charge on any atom is -0.404 e. The predicted octanol–water partition coefficient (Wildman–Crippen LogP) is 2.41. The van der Waals surface area contributed by atoms with Crippen molar-refractivity contribution in [2.24, 2.45) is 5.73 Å². The zero-order valence-corrected chi connectivity index (χ0v) is 11.2. The Morgan fingerprint density at radius 2 is 2.11 bits per heavy atom. The van der Waals surface area contributed by atoms with Gasteiger partial charge in [-0.2, -0.15) is 0 Å². The number of alkyl halides is 3. The largest absolute Gasteiger partial charge is 0.573 e. The molecule has 19 heavy (non-hydrogen) atoms. The molecule has 1 saturated heterocycles. The lowest BCUT2D eigenvalue weighted by atomic mass is 10.2. The number of carbonyl (C=O) groups excluding carboxylic acids is 1. The first-order valence-electron chi connectivity index (χ1n) is 5.40. The molecule has 0 aromatic heterocycles. The van der Waals surface area contributed by atoms with Gasteiger partial charge in [-0.3, -0.25) is 4.79 Å². The van der Waals surface area contributed by atoms with Crippen LogP contribution < -0.4 is 15.4 Å². The van der Waals surface area contributed by atoms with E-state index in [4.69, 9.17) is 5.73 Å². The highest BCUT2D eigenvalue weighted by atomic mass is 79.9. The van der Waals surface area contributed by atoms with Crippen LogP contribution in [0.25, 0.3) is 0 Å². The molecule has 0 radical (unpaired) electrons. The number of hydrogen-bond acceptors (Lipinski definition) is 3. The van der Waals surface area contributed by atoms with Gasteiger partial charge in [-0.25, -0.2) is 0 Å². The van der Waals surface area contributed by atoms with Crippen molar-refractivity contribution >= 4 is 27.5 Å². The van der Waals surface area contributed by atoms with Crippen LogP contribution in [0.2, 0.25) is 0 Å². The highest BCUT2D eigenvalue weighted by Gasteiger charge is 2.36. The average Bonchev–Trinajstić information content (AvgIpc) is 2.58. The molecule has 1 heterocycles. The molecule has 0 bridgehead atoms. The number of nitrogens with zero attached hydrogens (tertiary/aromatic N) is 1. The summed E-state index contributed by atoms with van der Waals surface area (Å²) in [4.78, 5) is 13.0. The Balaban J connectivity index is 2.37. The molecule has 1 aromatic rings. The minimum absolute atomic E-state index is 0.0680. The Labute approximate surface area is 115 Å². The first-order valence-corrected chi connectivity index (χ1v) is 6.19. The van der Waals surface area contributed by atoms with E-state index < -0.39 is 24.1 Å². The van der Waals surface area contributed by atoms with Gasteiger partial charge in [-0.1, -0.05) is 15.9 Å². The maximum Gasteiger partial charge on any atom is 0.573 e. The molecular formula is C11H10BrF3N2O2. The summed E-state index contributed by atoms with van der Waals surface area (Å²) in [5, 5.41) is 0. The molecule has 2 rings (SSSR count). The van der Waals surface area contributed by atoms with Crippen molar-refractivity contribution in [3.63, 3.8) is 0 Å².